The monoisotopic (exact) mass is 903 g/mol. The Balaban J connectivity index is 1.30. The van der Waals surface area contributed by atoms with Crippen LogP contribution in [0.25, 0.3) is 33.3 Å². The maximum Gasteiger partial charge on any atom is 0.392 e. The first-order valence-electron chi connectivity index (χ1n) is 22.8. The van der Waals surface area contributed by atoms with Crippen LogP contribution in [0.1, 0.15) is 82.4 Å². The van der Waals surface area contributed by atoms with Crippen molar-refractivity contribution >= 4 is 34.4 Å². The summed E-state index contributed by atoms with van der Waals surface area (Å²) in [4.78, 5) is 51.7. The zero-order valence-corrected chi connectivity index (χ0v) is 38.4. The van der Waals surface area contributed by atoms with Gasteiger partial charge in [0.1, 0.15) is 18.3 Å². The molecule has 65 heavy (non-hydrogen) atoms. The molecule has 2 saturated heterocycles. The number of esters is 1. The fraction of sp³-hybridized carbons (Fsp3) is 0.551. The number of benzene rings is 2. The molecular formula is C49H61F4N7O5. The summed E-state index contributed by atoms with van der Waals surface area (Å²) >= 11 is 0. The Morgan fingerprint density at radius 1 is 1.05 bits per heavy atom. The van der Waals surface area contributed by atoms with Gasteiger partial charge < -0.3 is 29.2 Å². The minimum atomic E-state index is -4.55. The molecule has 16 heteroatoms. The predicted octanol–water partition coefficient (Wildman–Crippen LogP) is 7.56. The van der Waals surface area contributed by atoms with E-state index in [0.29, 0.717) is 42.5 Å². The minimum absolute atomic E-state index is 0.0399. The highest BCUT2D eigenvalue weighted by atomic mass is 19.4. The van der Waals surface area contributed by atoms with Crippen LogP contribution in [-0.2, 0) is 49.9 Å². The van der Waals surface area contributed by atoms with Gasteiger partial charge in [0.25, 0.3) is 5.91 Å². The van der Waals surface area contributed by atoms with Gasteiger partial charge in [-0.1, -0.05) is 32.0 Å². The summed E-state index contributed by atoms with van der Waals surface area (Å²) in [7, 11) is 3.80. The van der Waals surface area contributed by atoms with Gasteiger partial charge in [0.05, 0.1) is 47.8 Å². The normalized spacial score (nSPS) is 24.7. The molecule has 2 N–H and O–H groups in total. The highest BCUT2D eigenvalue weighted by Gasteiger charge is 2.59. The second kappa shape index (κ2) is 18.0. The van der Waals surface area contributed by atoms with E-state index in [4.69, 9.17) is 14.5 Å². The van der Waals surface area contributed by atoms with Crippen LogP contribution in [0.5, 0.6) is 0 Å². The number of aromatic nitrogens is 2. The molecule has 0 radical (unpaired) electrons. The number of likely N-dealkylation sites (N-methyl/N-ethyl adjacent to an activating group) is 1. The van der Waals surface area contributed by atoms with Crippen molar-refractivity contribution in [2.24, 2.45) is 17.3 Å². The van der Waals surface area contributed by atoms with Gasteiger partial charge in [-0.15, -0.1) is 0 Å². The third-order valence-corrected chi connectivity index (χ3v) is 13.8. The van der Waals surface area contributed by atoms with E-state index >= 15 is 0 Å². The number of ether oxygens (including phenoxy) is 2. The van der Waals surface area contributed by atoms with Crippen molar-refractivity contribution in [1.82, 2.24) is 30.2 Å². The fourth-order valence-corrected chi connectivity index (χ4v) is 9.88. The molecule has 4 aromatic rings. The van der Waals surface area contributed by atoms with E-state index in [9.17, 15) is 31.9 Å². The number of hydrazine groups is 1. The molecule has 2 aromatic carbocycles. The van der Waals surface area contributed by atoms with Gasteiger partial charge >= 0.3 is 12.1 Å². The average Bonchev–Trinajstić information content (AvgIpc) is 4.06. The van der Waals surface area contributed by atoms with E-state index in [0.717, 1.165) is 70.8 Å². The molecule has 0 unspecified atom stereocenters. The summed E-state index contributed by atoms with van der Waals surface area (Å²) in [5.41, 5.74) is 9.14. The number of amides is 2. The zero-order valence-electron chi connectivity index (χ0n) is 38.4. The number of fused-ring (bicyclic) bond motifs is 6. The molecule has 12 nitrogen and oxygen atoms in total. The van der Waals surface area contributed by atoms with Crippen LogP contribution < -0.4 is 15.6 Å². The third kappa shape index (κ3) is 9.48. The van der Waals surface area contributed by atoms with E-state index < -0.39 is 59.5 Å². The molecule has 5 heterocycles. The highest BCUT2D eigenvalue weighted by molar-refractivity contribution is 5.96. The third-order valence-electron chi connectivity index (χ3n) is 13.8. The molecule has 2 aromatic heterocycles. The molecule has 6 bridgehead atoms. The molecule has 8 rings (SSSR count). The first kappa shape index (κ1) is 46.5. The quantitative estimate of drug-likeness (QED) is 0.136. The van der Waals surface area contributed by atoms with E-state index in [1.807, 2.05) is 25.3 Å². The number of carbonyl (C=O) groups is 3. The van der Waals surface area contributed by atoms with Gasteiger partial charge in [0.2, 0.25) is 5.91 Å². The lowest BCUT2D eigenvalue weighted by atomic mass is 9.83. The lowest BCUT2D eigenvalue weighted by Crippen LogP contribution is -2.65. The maximum atomic E-state index is 14.8. The van der Waals surface area contributed by atoms with E-state index in [1.165, 1.54) is 5.01 Å². The van der Waals surface area contributed by atoms with Crippen molar-refractivity contribution < 1.29 is 41.4 Å². The Labute approximate surface area is 378 Å². The number of piperazine rings is 1. The van der Waals surface area contributed by atoms with Crippen molar-refractivity contribution in [3.8, 4) is 22.4 Å². The van der Waals surface area contributed by atoms with Crippen LogP contribution in [0.3, 0.4) is 0 Å². The largest absolute Gasteiger partial charge is 0.464 e. The molecule has 3 aliphatic heterocycles. The van der Waals surface area contributed by atoms with Gasteiger partial charge in [0, 0.05) is 74.7 Å². The van der Waals surface area contributed by atoms with E-state index in [1.54, 1.807) is 26.2 Å². The summed E-state index contributed by atoms with van der Waals surface area (Å²) in [6, 6.07) is 12.3. The number of alkyl halides is 4. The number of carbonyl (C=O) groups excluding carboxylic acids is 3. The second-order valence-electron chi connectivity index (χ2n) is 19.5. The number of hydrogen-bond donors (Lipinski definition) is 2. The molecule has 1 aliphatic carbocycles. The molecule has 2 amide bonds. The first-order valence-corrected chi connectivity index (χ1v) is 22.8. The van der Waals surface area contributed by atoms with Crippen molar-refractivity contribution in [1.29, 1.82) is 0 Å². The van der Waals surface area contributed by atoms with Crippen LogP contribution in [0.2, 0.25) is 0 Å². The topological polar surface area (TPSA) is 121 Å². The summed E-state index contributed by atoms with van der Waals surface area (Å²) in [5.74, 6) is -5.17. The highest BCUT2D eigenvalue weighted by Crippen LogP contribution is 2.50. The number of pyridine rings is 1. The minimum Gasteiger partial charge on any atom is -0.464 e. The number of nitrogens with zero attached hydrogens (tertiary/aromatic N) is 5. The molecule has 5 atom stereocenters. The molecule has 4 aliphatic rings. The molecule has 3 fully saturated rings. The number of anilines is 1. The van der Waals surface area contributed by atoms with Crippen LogP contribution in [-0.4, -0.2) is 108 Å². The summed E-state index contributed by atoms with van der Waals surface area (Å²) in [6.07, 6.45) is -2.21. The van der Waals surface area contributed by atoms with Crippen LogP contribution in [0.15, 0.2) is 48.7 Å². The Morgan fingerprint density at radius 2 is 1.80 bits per heavy atom. The lowest BCUT2D eigenvalue weighted by molar-refractivity contribution is -0.162. The smallest absolute Gasteiger partial charge is 0.392 e. The van der Waals surface area contributed by atoms with Crippen molar-refractivity contribution in [2.45, 2.75) is 104 Å². The van der Waals surface area contributed by atoms with Gasteiger partial charge in [-0.2, -0.15) is 13.2 Å². The number of cyclic esters (lactones) is 1. The van der Waals surface area contributed by atoms with Crippen molar-refractivity contribution in [3.05, 3.63) is 71.0 Å². The number of halogens is 4. The molecule has 350 valence electrons. The zero-order chi connectivity index (χ0) is 46.6. The van der Waals surface area contributed by atoms with Crippen LogP contribution in [0, 0.1) is 17.3 Å². The number of aryl methyl sites for hydroxylation is 1. The van der Waals surface area contributed by atoms with Gasteiger partial charge in [0.15, 0.2) is 0 Å². The molecular weight excluding hydrogens is 843 g/mol. The van der Waals surface area contributed by atoms with E-state index in [2.05, 4.69) is 71.1 Å². The van der Waals surface area contributed by atoms with Crippen LogP contribution >= 0.6 is 0 Å². The standard InChI is InChI=1S/C49H61F4N7O5/c1-8-59-41-11-10-32-22-35(41)38(43(59)37-23-34(27-54-42(37)29(2)64-7)58-16-14-57(6)15-17-58)25-47(3,4)28-65-46(63)48(5)12-9-13-60(56-48)45(62)40(21-30-18-31(26-50)20-33(32)19-30)55-44(61)36-24-39(36)49(51,52)53/h10-11,18-20,22-23,27,29,36,39-40,56H,8-9,12-17,21,24-26,28H2,1-7H3,(H,55,61)/t29-,36-,39-,40-,48+/m0/s1. The molecule has 0 spiro atoms. The lowest BCUT2D eigenvalue weighted by Gasteiger charge is -2.41. The van der Waals surface area contributed by atoms with Gasteiger partial charge in [-0.3, -0.25) is 19.6 Å². The van der Waals surface area contributed by atoms with Gasteiger partial charge in [-0.05, 0) is 106 Å². The maximum absolute atomic E-state index is 14.8. The number of nitrogens with one attached hydrogen (secondary N) is 2. The second-order valence-corrected chi connectivity index (χ2v) is 19.5. The number of methoxy groups -OCH3 is 1. The Morgan fingerprint density at radius 3 is 2.48 bits per heavy atom. The Bertz CT molecular complexity index is 2460. The predicted molar refractivity (Wildman–Crippen MR) is 240 cm³/mol. The summed E-state index contributed by atoms with van der Waals surface area (Å²) in [5, 5.41) is 4.85. The SMILES string of the molecule is CCn1c(-c2cc(N3CCN(C)CC3)cnc2[C@H](C)OC)c2c3cc(ccc31)-c1cc(CF)cc(c1)C[C@H](NC(=O)[C@H]1C[C@@H]1C(F)(F)F)C(=O)N1CCC[C@@](C)(N1)C(=O)OCC(C)(C)C2. The average molecular weight is 904 g/mol. The van der Waals surface area contributed by atoms with Crippen molar-refractivity contribution in [3.63, 3.8) is 0 Å². The molecule has 1 saturated carbocycles. The van der Waals surface area contributed by atoms with E-state index in [-0.39, 0.29) is 32.1 Å². The summed E-state index contributed by atoms with van der Waals surface area (Å²) < 4.78 is 70.0. The van der Waals surface area contributed by atoms with Gasteiger partial charge in [-0.25, -0.2) is 14.6 Å². The Kier molecular flexibility index (Phi) is 12.8. The number of hydrogen-bond acceptors (Lipinski definition) is 9. The fourth-order valence-electron chi connectivity index (χ4n) is 9.88. The number of rotatable bonds is 8. The van der Waals surface area contributed by atoms with Crippen LogP contribution in [0.4, 0.5) is 23.2 Å². The Hall–Kier alpha value is -5.06. The van der Waals surface area contributed by atoms with Crippen molar-refractivity contribution in [2.75, 3.05) is 58.4 Å². The summed E-state index contributed by atoms with van der Waals surface area (Å²) in [6.45, 7) is 13.4. The first-order chi connectivity index (χ1) is 30.8.